The highest BCUT2D eigenvalue weighted by Gasteiger charge is 2.27. The van der Waals surface area contributed by atoms with Gasteiger partial charge in [0, 0.05) is 31.7 Å². The van der Waals surface area contributed by atoms with Gasteiger partial charge >= 0.3 is 0 Å². The quantitative estimate of drug-likeness (QED) is 0.815. The topological polar surface area (TPSA) is 71.2 Å². The number of amides is 1. The molecule has 3 N–H and O–H groups in total. The summed E-state index contributed by atoms with van der Waals surface area (Å²) in [7, 11) is 0. The summed E-state index contributed by atoms with van der Waals surface area (Å²) in [6.45, 7) is 7.08. The van der Waals surface area contributed by atoms with E-state index in [1.165, 1.54) is 6.92 Å². The zero-order chi connectivity index (χ0) is 14.9. The summed E-state index contributed by atoms with van der Waals surface area (Å²) in [5.41, 5.74) is 8.67. The molecule has 1 fully saturated rings. The number of aryl methyl sites for hydroxylation is 2. The van der Waals surface area contributed by atoms with Gasteiger partial charge in [0.2, 0.25) is 5.91 Å². The highest BCUT2D eigenvalue weighted by molar-refractivity contribution is 7.80. The van der Waals surface area contributed by atoms with Crippen LogP contribution >= 0.6 is 12.2 Å². The van der Waals surface area contributed by atoms with Crippen LogP contribution in [0.2, 0.25) is 0 Å². The minimum absolute atomic E-state index is 0.000184. The van der Waals surface area contributed by atoms with Crippen molar-refractivity contribution >= 4 is 28.9 Å². The number of carbonyl (C=O) groups is 1. The van der Waals surface area contributed by atoms with E-state index in [4.69, 9.17) is 18.0 Å². The minimum Gasteiger partial charge on any atom is -0.389 e. The van der Waals surface area contributed by atoms with Crippen LogP contribution in [-0.2, 0) is 4.79 Å². The van der Waals surface area contributed by atoms with Gasteiger partial charge in [0.1, 0.15) is 10.8 Å². The summed E-state index contributed by atoms with van der Waals surface area (Å²) in [5, 5.41) is 2.95. The van der Waals surface area contributed by atoms with Crippen LogP contribution in [0.5, 0.6) is 0 Å². The average Bonchev–Trinajstić information content (AvgIpc) is 2.74. The third-order valence-electron chi connectivity index (χ3n) is 3.47. The molecule has 0 aliphatic carbocycles. The number of rotatable bonds is 3. The number of hydrogen-bond acceptors (Lipinski definition) is 4. The molecule has 0 spiro atoms. The SMILES string of the molecule is CC(=O)NC1CCN(c2nc(C)cc(C)c2C(N)=S)C1. The molecule has 1 unspecified atom stereocenters. The van der Waals surface area contributed by atoms with E-state index in [2.05, 4.69) is 15.2 Å². The third-order valence-corrected chi connectivity index (χ3v) is 3.67. The number of nitrogens with one attached hydrogen (secondary N) is 1. The van der Waals surface area contributed by atoms with Crippen molar-refractivity contribution in [3.8, 4) is 0 Å². The summed E-state index contributed by atoms with van der Waals surface area (Å²) in [6.07, 6.45) is 0.908. The van der Waals surface area contributed by atoms with Gasteiger partial charge in [0.05, 0.1) is 5.56 Å². The van der Waals surface area contributed by atoms with Crippen molar-refractivity contribution in [3.63, 3.8) is 0 Å². The molecule has 20 heavy (non-hydrogen) atoms. The second-order valence-electron chi connectivity index (χ2n) is 5.28. The predicted molar refractivity (Wildman–Crippen MR) is 84.0 cm³/mol. The van der Waals surface area contributed by atoms with E-state index in [9.17, 15) is 4.79 Å². The molecule has 0 saturated carbocycles. The zero-order valence-electron chi connectivity index (χ0n) is 12.1. The fourth-order valence-corrected chi connectivity index (χ4v) is 2.96. The number of nitrogens with zero attached hydrogens (tertiary/aromatic N) is 2. The monoisotopic (exact) mass is 292 g/mol. The molecule has 1 atom stereocenters. The number of pyridine rings is 1. The van der Waals surface area contributed by atoms with E-state index in [1.54, 1.807) is 0 Å². The van der Waals surface area contributed by atoms with E-state index in [0.29, 0.717) is 4.99 Å². The average molecular weight is 292 g/mol. The van der Waals surface area contributed by atoms with E-state index in [0.717, 1.165) is 42.1 Å². The lowest BCUT2D eigenvalue weighted by Crippen LogP contribution is -2.36. The normalized spacial score (nSPS) is 18.1. The molecule has 1 aliphatic rings. The van der Waals surface area contributed by atoms with Gasteiger partial charge in [-0.1, -0.05) is 12.2 Å². The van der Waals surface area contributed by atoms with Gasteiger partial charge in [0.25, 0.3) is 0 Å². The Kier molecular flexibility index (Phi) is 4.23. The van der Waals surface area contributed by atoms with Gasteiger partial charge < -0.3 is 16.0 Å². The largest absolute Gasteiger partial charge is 0.389 e. The van der Waals surface area contributed by atoms with Crippen LogP contribution in [0.4, 0.5) is 5.82 Å². The molecule has 6 heteroatoms. The molecule has 0 aromatic carbocycles. The van der Waals surface area contributed by atoms with Gasteiger partial charge in [-0.25, -0.2) is 4.98 Å². The minimum atomic E-state index is -0.000184. The number of carbonyl (C=O) groups excluding carboxylic acids is 1. The number of thiocarbonyl (C=S) groups is 1. The van der Waals surface area contributed by atoms with Crippen LogP contribution in [0.1, 0.15) is 30.2 Å². The molecule has 2 heterocycles. The maximum absolute atomic E-state index is 11.1. The van der Waals surface area contributed by atoms with Crippen molar-refractivity contribution in [2.45, 2.75) is 33.2 Å². The Balaban J connectivity index is 2.29. The van der Waals surface area contributed by atoms with Crippen molar-refractivity contribution < 1.29 is 4.79 Å². The first-order chi connectivity index (χ1) is 9.38. The fourth-order valence-electron chi connectivity index (χ4n) is 2.71. The molecule has 0 radical (unpaired) electrons. The van der Waals surface area contributed by atoms with Crippen molar-refractivity contribution in [1.29, 1.82) is 0 Å². The first kappa shape index (κ1) is 14.7. The maximum atomic E-state index is 11.1. The second kappa shape index (κ2) is 5.75. The smallest absolute Gasteiger partial charge is 0.217 e. The first-order valence-electron chi connectivity index (χ1n) is 6.68. The van der Waals surface area contributed by atoms with Crippen molar-refractivity contribution in [2.75, 3.05) is 18.0 Å². The molecule has 2 rings (SSSR count). The number of hydrogen-bond donors (Lipinski definition) is 2. The highest BCUT2D eigenvalue weighted by Crippen LogP contribution is 2.26. The Morgan fingerprint density at radius 2 is 2.25 bits per heavy atom. The standard InChI is InChI=1S/C14H20N4OS/c1-8-6-9(2)16-14(12(8)13(15)20)18-5-4-11(7-18)17-10(3)19/h6,11H,4-5,7H2,1-3H3,(H2,15,20)(H,17,19). The van der Waals surface area contributed by atoms with Crippen molar-refractivity contribution in [2.24, 2.45) is 5.73 Å². The summed E-state index contributed by atoms with van der Waals surface area (Å²) in [6, 6.07) is 2.15. The first-order valence-corrected chi connectivity index (χ1v) is 7.09. The fraction of sp³-hybridized carbons (Fsp3) is 0.500. The van der Waals surface area contributed by atoms with Crippen LogP contribution < -0.4 is 16.0 Å². The Morgan fingerprint density at radius 3 is 2.85 bits per heavy atom. The van der Waals surface area contributed by atoms with E-state index in [1.807, 2.05) is 19.9 Å². The number of anilines is 1. The molecule has 1 aromatic heterocycles. The molecule has 1 amide bonds. The van der Waals surface area contributed by atoms with Gasteiger partial charge in [-0.3, -0.25) is 4.79 Å². The van der Waals surface area contributed by atoms with Crippen LogP contribution in [-0.4, -0.2) is 35.0 Å². The Labute approximate surface area is 124 Å². The molecule has 1 aliphatic heterocycles. The number of nitrogens with two attached hydrogens (primary N) is 1. The summed E-state index contributed by atoms with van der Waals surface area (Å²) < 4.78 is 0. The van der Waals surface area contributed by atoms with Crippen LogP contribution in [0, 0.1) is 13.8 Å². The maximum Gasteiger partial charge on any atom is 0.217 e. The lowest BCUT2D eigenvalue weighted by molar-refractivity contribution is -0.119. The summed E-state index contributed by atoms with van der Waals surface area (Å²) in [5.74, 6) is 0.836. The van der Waals surface area contributed by atoms with E-state index in [-0.39, 0.29) is 11.9 Å². The predicted octanol–water partition coefficient (Wildman–Crippen LogP) is 1.05. The Bertz CT molecular complexity index is 558. The summed E-state index contributed by atoms with van der Waals surface area (Å²) >= 11 is 5.16. The molecule has 108 valence electrons. The molecular formula is C14H20N4OS. The lowest BCUT2D eigenvalue weighted by Gasteiger charge is -2.22. The lowest BCUT2D eigenvalue weighted by atomic mass is 10.1. The molecular weight excluding hydrogens is 272 g/mol. The summed E-state index contributed by atoms with van der Waals surface area (Å²) in [4.78, 5) is 18.3. The number of aromatic nitrogens is 1. The van der Waals surface area contributed by atoms with Gasteiger partial charge in [-0.05, 0) is 31.9 Å². The highest BCUT2D eigenvalue weighted by atomic mass is 32.1. The molecule has 1 aromatic rings. The van der Waals surface area contributed by atoms with Gasteiger partial charge in [-0.15, -0.1) is 0 Å². The van der Waals surface area contributed by atoms with E-state index < -0.39 is 0 Å². The third kappa shape index (κ3) is 3.07. The molecule has 1 saturated heterocycles. The van der Waals surface area contributed by atoms with Crippen molar-refractivity contribution in [3.05, 3.63) is 22.9 Å². The van der Waals surface area contributed by atoms with Crippen LogP contribution in [0.15, 0.2) is 6.07 Å². The Hall–Kier alpha value is -1.69. The van der Waals surface area contributed by atoms with Gasteiger partial charge in [0.15, 0.2) is 0 Å². The van der Waals surface area contributed by atoms with Crippen molar-refractivity contribution in [1.82, 2.24) is 10.3 Å². The zero-order valence-corrected chi connectivity index (χ0v) is 12.9. The van der Waals surface area contributed by atoms with Crippen LogP contribution in [0.3, 0.4) is 0 Å². The Morgan fingerprint density at radius 1 is 1.55 bits per heavy atom. The molecule has 0 bridgehead atoms. The van der Waals surface area contributed by atoms with Crippen LogP contribution in [0.25, 0.3) is 0 Å². The van der Waals surface area contributed by atoms with E-state index >= 15 is 0 Å². The second-order valence-corrected chi connectivity index (χ2v) is 5.72. The molecule has 5 nitrogen and oxygen atoms in total. The van der Waals surface area contributed by atoms with Gasteiger partial charge in [-0.2, -0.15) is 0 Å².